The lowest BCUT2D eigenvalue weighted by Crippen LogP contribution is -2.43. The second-order valence-corrected chi connectivity index (χ2v) is 5.57. The van der Waals surface area contributed by atoms with Gasteiger partial charge in [-0.3, -0.25) is 14.4 Å². The van der Waals surface area contributed by atoms with Crippen molar-refractivity contribution >= 4 is 40.7 Å². The van der Waals surface area contributed by atoms with Gasteiger partial charge in [-0.05, 0) is 24.3 Å². The number of nitrogens with zero attached hydrogens (tertiary/aromatic N) is 1. The zero-order valence-corrected chi connectivity index (χ0v) is 13.1. The Morgan fingerprint density at radius 3 is 2.75 bits per heavy atom. The molecule has 1 aliphatic heterocycles. The van der Waals surface area contributed by atoms with E-state index in [1.54, 1.807) is 30.3 Å². The van der Waals surface area contributed by atoms with E-state index in [-0.39, 0.29) is 6.42 Å². The van der Waals surface area contributed by atoms with Gasteiger partial charge in [-0.15, -0.1) is 0 Å². The van der Waals surface area contributed by atoms with E-state index in [1.165, 1.54) is 12.3 Å². The molecule has 2 aromatic rings. The average Bonchev–Trinajstić information content (AvgIpc) is 2.67. The van der Waals surface area contributed by atoms with Gasteiger partial charge in [0.1, 0.15) is 11.2 Å². The lowest BCUT2D eigenvalue weighted by Gasteiger charge is -2.14. The number of fused-ring (bicyclic) bond motifs is 1. The molecule has 0 saturated heterocycles. The fraction of sp³-hybridized carbons (Fsp3) is 0.125. The summed E-state index contributed by atoms with van der Waals surface area (Å²) in [5.74, 6) is -1.28. The SMILES string of the molecule is O=C(C[C@H]1NC(=O)c2ccccc2NC1=O)Nc1ccc(Cl)nc1. The maximum absolute atomic E-state index is 12.2. The van der Waals surface area contributed by atoms with Gasteiger partial charge in [0.2, 0.25) is 11.8 Å². The molecule has 8 heteroatoms. The number of pyridine rings is 1. The van der Waals surface area contributed by atoms with E-state index in [4.69, 9.17) is 11.6 Å². The van der Waals surface area contributed by atoms with E-state index >= 15 is 0 Å². The molecule has 3 amide bonds. The fourth-order valence-electron chi connectivity index (χ4n) is 2.30. The zero-order chi connectivity index (χ0) is 17.1. The normalized spacial score (nSPS) is 16.5. The largest absolute Gasteiger partial charge is 0.340 e. The summed E-state index contributed by atoms with van der Waals surface area (Å²) < 4.78 is 0. The summed E-state index contributed by atoms with van der Waals surface area (Å²) >= 11 is 5.68. The Kier molecular flexibility index (Phi) is 4.43. The van der Waals surface area contributed by atoms with Crippen LogP contribution in [-0.2, 0) is 9.59 Å². The standard InChI is InChI=1S/C16H13ClN4O3/c17-13-6-5-9(8-18-13)19-14(22)7-12-16(24)20-11-4-2-1-3-10(11)15(23)21-12/h1-6,8,12H,7H2,(H,19,22)(H,20,24)(H,21,23)/t12-/m1/s1. The van der Waals surface area contributed by atoms with Crippen LogP contribution in [0.3, 0.4) is 0 Å². The summed E-state index contributed by atoms with van der Waals surface area (Å²) in [6.45, 7) is 0. The third kappa shape index (κ3) is 3.52. The van der Waals surface area contributed by atoms with Gasteiger partial charge in [0.25, 0.3) is 5.91 Å². The predicted molar refractivity (Wildman–Crippen MR) is 88.8 cm³/mol. The van der Waals surface area contributed by atoms with Crippen LogP contribution in [-0.4, -0.2) is 28.7 Å². The van der Waals surface area contributed by atoms with Crippen molar-refractivity contribution in [2.45, 2.75) is 12.5 Å². The average molecular weight is 345 g/mol. The van der Waals surface area contributed by atoms with Gasteiger partial charge < -0.3 is 16.0 Å². The monoisotopic (exact) mass is 344 g/mol. The summed E-state index contributed by atoms with van der Waals surface area (Å²) in [6.07, 6.45) is 1.20. The molecule has 3 N–H and O–H groups in total. The molecule has 1 aliphatic rings. The summed E-state index contributed by atoms with van der Waals surface area (Å²) in [5, 5.41) is 8.12. The fourth-order valence-corrected chi connectivity index (χ4v) is 2.41. The van der Waals surface area contributed by atoms with Gasteiger partial charge in [0, 0.05) is 0 Å². The molecule has 0 bridgehead atoms. The van der Waals surface area contributed by atoms with Crippen molar-refractivity contribution in [2.75, 3.05) is 10.6 Å². The van der Waals surface area contributed by atoms with Gasteiger partial charge in [0.05, 0.1) is 29.6 Å². The lowest BCUT2D eigenvalue weighted by molar-refractivity contribution is -0.122. The maximum Gasteiger partial charge on any atom is 0.254 e. The first-order valence-corrected chi connectivity index (χ1v) is 7.53. The molecule has 1 aromatic heterocycles. The second kappa shape index (κ2) is 6.67. The summed E-state index contributed by atoms with van der Waals surface area (Å²) in [7, 11) is 0. The Hall–Kier alpha value is -2.93. The van der Waals surface area contributed by atoms with Crippen molar-refractivity contribution in [3.8, 4) is 0 Å². The van der Waals surface area contributed by atoms with E-state index in [2.05, 4.69) is 20.9 Å². The molecule has 1 atom stereocenters. The number of amides is 3. The van der Waals surface area contributed by atoms with Crippen LogP contribution in [0.4, 0.5) is 11.4 Å². The molecule has 0 aliphatic carbocycles. The highest BCUT2D eigenvalue weighted by atomic mass is 35.5. The minimum absolute atomic E-state index is 0.200. The van der Waals surface area contributed by atoms with Gasteiger partial charge in [-0.1, -0.05) is 23.7 Å². The summed E-state index contributed by atoms with van der Waals surface area (Å²) in [4.78, 5) is 40.3. The Labute approximate surface area is 142 Å². The van der Waals surface area contributed by atoms with E-state index < -0.39 is 23.8 Å². The smallest absolute Gasteiger partial charge is 0.254 e. The number of para-hydroxylation sites is 1. The highest BCUT2D eigenvalue weighted by Gasteiger charge is 2.29. The quantitative estimate of drug-likeness (QED) is 0.739. The van der Waals surface area contributed by atoms with Crippen LogP contribution in [0.1, 0.15) is 16.8 Å². The molecule has 7 nitrogen and oxygen atoms in total. The lowest BCUT2D eigenvalue weighted by atomic mass is 10.1. The Balaban J connectivity index is 1.69. The number of anilines is 2. The van der Waals surface area contributed by atoms with Crippen molar-refractivity contribution in [1.29, 1.82) is 0 Å². The number of carbonyl (C=O) groups is 3. The highest BCUT2D eigenvalue weighted by molar-refractivity contribution is 6.29. The van der Waals surface area contributed by atoms with Crippen molar-refractivity contribution in [1.82, 2.24) is 10.3 Å². The van der Waals surface area contributed by atoms with Crippen LogP contribution in [0, 0.1) is 0 Å². The van der Waals surface area contributed by atoms with E-state index in [9.17, 15) is 14.4 Å². The van der Waals surface area contributed by atoms with Gasteiger partial charge in [0.15, 0.2) is 0 Å². The van der Waals surface area contributed by atoms with Crippen LogP contribution in [0.5, 0.6) is 0 Å². The Morgan fingerprint density at radius 2 is 2.00 bits per heavy atom. The number of halogens is 1. The van der Waals surface area contributed by atoms with Crippen LogP contribution in [0.15, 0.2) is 42.6 Å². The number of hydrogen-bond acceptors (Lipinski definition) is 4. The number of nitrogens with one attached hydrogen (secondary N) is 3. The molecule has 0 saturated carbocycles. The zero-order valence-electron chi connectivity index (χ0n) is 12.4. The number of rotatable bonds is 3. The van der Waals surface area contributed by atoms with E-state index in [0.717, 1.165) is 0 Å². The minimum Gasteiger partial charge on any atom is -0.340 e. The third-order valence-electron chi connectivity index (χ3n) is 3.45. The minimum atomic E-state index is -0.967. The van der Waals surface area contributed by atoms with Crippen molar-refractivity contribution < 1.29 is 14.4 Å². The topological polar surface area (TPSA) is 100 Å². The van der Waals surface area contributed by atoms with Crippen LogP contribution in [0.25, 0.3) is 0 Å². The van der Waals surface area contributed by atoms with Crippen molar-refractivity contribution in [3.63, 3.8) is 0 Å². The summed E-state index contributed by atoms with van der Waals surface area (Å²) in [6, 6.07) is 8.81. The molecular formula is C16H13ClN4O3. The number of aromatic nitrogens is 1. The number of benzene rings is 1. The summed E-state index contributed by atoms with van der Waals surface area (Å²) in [5.41, 5.74) is 1.23. The first kappa shape index (κ1) is 15.9. The Bertz CT molecular complexity index is 807. The number of hydrogen-bond donors (Lipinski definition) is 3. The first-order chi connectivity index (χ1) is 11.5. The molecular weight excluding hydrogens is 332 g/mol. The molecule has 2 heterocycles. The molecule has 0 radical (unpaired) electrons. The number of carbonyl (C=O) groups excluding carboxylic acids is 3. The Morgan fingerprint density at radius 1 is 1.21 bits per heavy atom. The van der Waals surface area contributed by atoms with Crippen LogP contribution >= 0.6 is 11.6 Å². The first-order valence-electron chi connectivity index (χ1n) is 7.15. The van der Waals surface area contributed by atoms with Crippen molar-refractivity contribution in [3.05, 3.63) is 53.3 Å². The van der Waals surface area contributed by atoms with Crippen LogP contribution in [0.2, 0.25) is 5.15 Å². The van der Waals surface area contributed by atoms with E-state index in [0.29, 0.717) is 22.1 Å². The molecule has 24 heavy (non-hydrogen) atoms. The molecule has 0 unspecified atom stereocenters. The van der Waals surface area contributed by atoms with Gasteiger partial charge in [-0.25, -0.2) is 4.98 Å². The molecule has 3 rings (SSSR count). The van der Waals surface area contributed by atoms with Crippen molar-refractivity contribution in [2.24, 2.45) is 0 Å². The van der Waals surface area contributed by atoms with Crippen LogP contribution < -0.4 is 16.0 Å². The van der Waals surface area contributed by atoms with E-state index in [1.807, 2.05) is 0 Å². The van der Waals surface area contributed by atoms with Gasteiger partial charge >= 0.3 is 0 Å². The van der Waals surface area contributed by atoms with Gasteiger partial charge in [-0.2, -0.15) is 0 Å². The predicted octanol–water partition coefficient (Wildman–Crippen LogP) is 1.81. The molecule has 1 aromatic carbocycles. The third-order valence-corrected chi connectivity index (χ3v) is 3.68. The molecule has 122 valence electrons. The molecule has 0 fully saturated rings. The highest BCUT2D eigenvalue weighted by Crippen LogP contribution is 2.19. The second-order valence-electron chi connectivity index (χ2n) is 5.18. The maximum atomic E-state index is 12.2. The molecule has 0 spiro atoms.